The van der Waals surface area contributed by atoms with E-state index in [0.29, 0.717) is 29.6 Å². The Morgan fingerprint density at radius 3 is 2.76 bits per heavy atom. The number of para-hydroxylation sites is 1. The van der Waals surface area contributed by atoms with Crippen LogP contribution in [0.1, 0.15) is 49.4 Å². The second kappa shape index (κ2) is 5.33. The normalized spacial score (nSPS) is 36.8. The average Bonchev–Trinajstić information content (AvgIpc) is 3.26. The Hall–Kier alpha value is -1.84. The second-order valence-corrected chi connectivity index (χ2v) is 8.52. The van der Waals surface area contributed by atoms with Crippen molar-refractivity contribution in [2.45, 2.75) is 44.6 Å². The summed E-state index contributed by atoms with van der Waals surface area (Å²) in [5.74, 6) is 2.67. The number of hydrogen-bond acceptors (Lipinski definition) is 3. The number of benzene rings is 1. The van der Waals surface area contributed by atoms with Gasteiger partial charge in [-0.25, -0.2) is 0 Å². The quantitative estimate of drug-likeness (QED) is 0.789. The number of Topliss-reactive ketones (excluding diaryl/α,β-unsaturated/α-hetero) is 1. The summed E-state index contributed by atoms with van der Waals surface area (Å²) >= 11 is 0. The van der Waals surface area contributed by atoms with E-state index in [-0.39, 0.29) is 17.6 Å². The smallest absolute Gasteiger partial charge is 0.226 e. The number of ether oxygens (including phenoxy) is 1. The molecule has 0 bridgehead atoms. The van der Waals surface area contributed by atoms with Crippen LogP contribution >= 0.6 is 0 Å². The van der Waals surface area contributed by atoms with E-state index in [1.54, 1.807) is 0 Å². The van der Waals surface area contributed by atoms with Crippen LogP contribution in [0, 0.1) is 23.7 Å². The Balaban J connectivity index is 1.36. The van der Waals surface area contributed by atoms with Crippen molar-refractivity contribution in [1.82, 2.24) is 4.90 Å². The fourth-order valence-corrected chi connectivity index (χ4v) is 5.54. The van der Waals surface area contributed by atoms with Gasteiger partial charge in [0.05, 0.1) is 12.0 Å². The van der Waals surface area contributed by atoms with E-state index in [1.807, 2.05) is 24.3 Å². The topological polar surface area (TPSA) is 46.6 Å². The Kier molecular flexibility index (Phi) is 3.28. The summed E-state index contributed by atoms with van der Waals surface area (Å²) in [6.45, 7) is 4.05. The average molecular weight is 339 g/mol. The number of fused-ring (bicyclic) bond motifs is 3. The van der Waals surface area contributed by atoms with Crippen molar-refractivity contribution in [1.29, 1.82) is 0 Å². The lowest BCUT2D eigenvalue weighted by molar-refractivity contribution is -0.135. The zero-order valence-electron chi connectivity index (χ0n) is 14.7. The van der Waals surface area contributed by atoms with Crippen LogP contribution in [0.25, 0.3) is 0 Å². The molecule has 1 amide bonds. The fourth-order valence-electron chi connectivity index (χ4n) is 5.54. The Labute approximate surface area is 148 Å². The van der Waals surface area contributed by atoms with Gasteiger partial charge in [0.25, 0.3) is 0 Å². The molecule has 0 aromatic heterocycles. The first-order valence-electron chi connectivity index (χ1n) is 9.69. The third kappa shape index (κ3) is 2.26. The van der Waals surface area contributed by atoms with Crippen LogP contribution in [0.5, 0.6) is 5.75 Å². The molecule has 25 heavy (non-hydrogen) atoms. The highest BCUT2D eigenvalue weighted by molar-refractivity contribution is 6.00. The molecule has 2 heterocycles. The molecule has 0 radical (unpaired) electrons. The zero-order valence-corrected chi connectivity index (χ0v) is 14.7. The molecule has 5 rings (SSSR count). The first-order valence-corrected chi connectivity index (χ1v) is 9.69. The molecule has 132 valence electrons. The van der Waals surface area contributed by atoms with E-state index >= 15 is 0 Å². The van der Waals surface area contributed by atoms with Crippen molar-refractivity contribution in [3.8, 4) is 5.75 Å². The van der Waals surface area contributed by atoms with Crippen LogP contribution in [0.15, 0.2) is 24.3 Å². The lowest BCUT2D eigenvalue weighted by atomic mass is 9.84. The summed E-state index contributed by atoms with van der Waals surface area (Å²) in [5, 5.41) is 0. The lowest BCUT2D eigenvalue weighted by Gasteiger charge is -2.38. The molecular weight excluding hydrogens is 314 g/mol. The maximum absolute atomic E-state index is 13.0. The van der Waals surface area contributed by atoms with E-state index in [4.69, 9.17) is 4.74 Å². The van der Waals surface area contributed by atoms with Crippen LogP contribution in [0.2, 0.25) is 0 Å². The van der Waals surface area contributed by atoms with Gasteiger partial charge in [-0.3, -0.25) is 9.59 Å². The van der Waals surface area contributed by atoms with Crippen LogP contribution in [0.4, 0.5) is 0 Å². The van der Waals surface area contributed by atoms with Crippen molar-refractivity contribution in [3.05, 3.63) is 29.8 Å². The third-order valence-electron chi connectivity index (χ3n) is 7.02. The Bertz CT molecular complexity index is 736. The number of rotatable bonds is 1. The van der Waals surface area contributed by atoms with Gasteiger partial charge in [-0.05, 0) is 49.7 Å². The molecule has 2 aliphatic heterocycles. The molecule has 2 saturated carbocycles. The van der Waals surface area contributed by atoms with Gasteiger partial charge in [-0.1, -0.05) is 19.1 Å². The number of hydrogen-bond donors (Lipinski definition) is 0. The number of carbonyl (C=O) groups is 2. The number of carbonyl (C=O) groups excluding carboxylic acids is 2. The molecule has 2 aliphatic carbocycles. The molecule has 0 N–H and O–H groups in total. The molecule has 4 atom stereocenters. The van der Waals surface area contributed by atoms with E-state index in [9.17, 15) is 9.59 Å². The number of ketones is 1. The highest BCUT2D eigenvalue weighted by Gasteiger charge is 2.71. The molecule has 4 heteroatoms. The van der Waals surface area contributed by atoms with E-state index < -0.39 is 5.60 Å². The Morgan fingerprint density at radius 1 is 1.20 bits per heavy atom. The third-order valence-corrected chi connectivity index (χ3v) is 7.02. The summed E-state index contributed by atoms with van der Waals surface area (Å²) in [5.41, 5.74) is 0.268. The monoisotopic (exact) mass is 339 g/mol. The zero-order chi connectivity index (χ0) is 17.2. The van der Waals surface area contributed by atoms with Crippen molar-refractivity contribution < 1.29 is 14.3 Å². The molecular formula is C21H25NO3. The summed E-state index contributed by atoms with van der Waals surface area (Å²) in [6.07, 6.45) is 4.58. The summed E-state index contributed by atoms with van der Waals surface area (Å²) < 4.78 is 6.40. The van der Waals surface area contributed by atoms with Gasteiger partial charge in [0.1, 0.15) is 11.4 Å². The molecule has 1 saturated heterocycles. The van der Waals surface area contributed by atoms with Crippen LogP contribution in [-0.4, -0.2) is 35.3 Å². The molecule has 3 fully saturated rings. The van der Waals surface area contributed by atoms with Gasteiger partial charge in [-0.2, -0.15) is 0 Å². The van der Waals surface area contributed by atoms with Crippen molar-refractivity contribution in [2.24, 2.45) is 23.7 Å². The maximum Gasteiger partial charge on any atom is 0.226 e. The molecule has 1 aromatic rings. The van der Waals surface area contributed by atoms with Crippen LogP contribution in [-0.2, 0) is 4.79 Å². The number of likely N-dealkylation sites (tertiary alicyclic amines) is 1. The summed E-state index contributed by atoms with van der Waals surface area (Å²) in [6, 6.07) is 7.55. The highest BCUT2D eigenvalue weighted by Crippen LogP contribution is 2.66. The fraction of sp³-hybridized carbons (Fsp3) is 0.619. The minimum absolute atomic E-state index is 0.0835. The van der Waals surface area contributed by atoms with Gasteiger partial charge < -0.3 is 9.64 Å². The number of amides is 1. The maximum atomic E-state index is 13.0. The SMILES string of the molecule is CC1CCN(C(=O)C2C3CCC4(CC(=O)c5ccccc5O4)C32)CC1. The highest BCUT2D eigenvalue weighted by atomic mass is 16.5. The van der Waals surface area contributed by atoms with Gasteiger partial charge in [0, 0.05) is 24.9 Å². The van der Waals surface area contributed by atoms with Crippen molar-refractivity contribution >= 4 is 11.7 Å². The Morgan fingerprint density at radius 2 is 1.96 bits per heavy atom. The molecule has 1 spiro atoms. The van der Waals surface area contributed by atoms with Gasteiger partial charge in [0.15, 0.2) is 5.78 Å². The summed E-state index contributed by atoms with van der Waals surface area (Å²) in [7, 11) is 0. The van der Waals surface area contributed by atoms with E-state index in [2.05, 4.69) is 11.8 Å². The lowest BCUT2D eigenvalue weighted by Crippen LogP contribution is -2.45. The number of piperidine rings is 1. The molecule has 4 unspecified atom stereocenters. The molecule has 1 aromatic carbocycles. The van der Waals surface area contributed by atoms with E-state index in [0.717, 1.165) is 44.7 Å². The molecule has 4 aliphatic rings. The first kappa shape index (κ1) is 15.4. The summed E-state index contributed by atoms with van der Waals surface area (Å²) in [4.78, 5) is 27.7. The minimum atomic E-state index is -0.431. The van der Waals surface area contributed by atoms with Crippen LogP contribution in [0.3, 0.4) is 0 Å². The predicted octanol–water partition coefficient (Wildman–Crippen LogP) is 3.31. The largest absolute Gasteiger partial charge is 0.486 e. The minimum Gasteiger partial charge on any atom is -0.486 e. The van der Waals surface area contributed by atoms with E-state index in [1.165, 1.54) is 0 Å². The number of nitrogens with zero attached hydrogens (tertiary/aromatic N) is 1. The van der Waals surface area contributed by atoms with Gasteiger partial charge in [0.2, 0.25) is 5.91 Å². The second-order valence-electron chi connectivity index (χ2n) is 8.52. The van der Waals surface area contributed by atoms with Gasteiger partial charge >= 0.3 is 0 Å². The predicted molar refractivity (Wildman–Crippen MR) is 93.4 cm³/mol. The standard InChI is InChI=1S/C21H25NO3/c1-13-7-10-22(11-8-13)20(24)18-15-6-9-21(19(15)18)12-16(23)14-4-2-3-5-17(14)25-21/h2-5,13,15,18-19H,6-12H2,1H3. The molecule has 4 nitrogen and oxygen atoms in total. The van der Waals surface area contributed by atoms with Crippen LogP contribution < -0.4 is 4.74 Å². The van der Waals surface area contributed by atoms with Crippen molar-refractivity contribution in [3.63, 3.8) is 0 Å². The first-order chi connectivity index (χ1) is 12.1. The van der Waals surface area contributed by atoms with Gasteiger partial charge in [-0.15, -0.1) is 0 Å². The van der Waals surface area contributed by atoms with Crippen molar-refractivity contribution in [2.75, 3.05) is 13.1 Å².